The van der Waals surface area contributed by atoms with Crippen LogP contribution < -0.4 is 5.32 Å². The summed E-state index contributed by atoms with van der Waals surface area (Å²) >= 11 is 0. The number of carbonyl (C=O) groups is 8. The molecule has 0 spiro atoms. The van der Waals surface area contributed by atoms with E-state index in [0.29, 0.717) is 6.42 Å². The third kappa shape index (κ3) is 22.5. The van der Waals surface area contributed by atoms with E-state index < -0.39 is 141 Å². The van der Waals surface area contributed by atoms with Gasteiger partial charge in [0.15, 0.2) is 37.0 Å². The summed E-state index contributed by atoms with van der Waals surface area (Å²) in [7, 11) is 0. The van der Waals surface area contributed by atoms with Crippen LogP contribution in [-0.4, -0.2) is 141 Å². The van der Waals surface area contributed by atoms with E-state index in [0.717, 1.165) is 60.3 Å². The van der Waals surface area contributed by atoms with Crippen LogP contribution in [0.25, 0.3) is 10.4 Å². The van der Waals surface area contributed by atoms with Crippen LogP contribution in [0.1, 0.15) is 150 Å². The number of hydrogen-bond acceptors (Lipinski definition) is 20. The smallest absolute Gasteiger partial charge is 0.338 e. The first kappa shape index (κ1) is 67.1. The molecule has 1 amide bonds. The van der Waals surface area contributed by atoms with Crippen molar-refractivity contribution in [1.82, 2.24) is 5.32 Å². The molecule has 2 aliphatic heterocycles. The molecule has 456 valence electrons. The maximum Gasteiger partial charge on any atom is 0.338 e. The number of ether oxygens (including phenoxy) is 11. The molecule has 0 saturated carbocycles. The van der Waals surface area contributed by atoms with Crippen molar-refractivity contribution in [3.63, 3.8) is 0 Å². The van der Waals surface area contributed by atoms with Crippen molar-refractivity contribution in [1.29, 1.82) is 0 Å². The SMILES string of the molecule is CCCCCCCCCCCCC/C=C/[C@@H](OC(=O)c1ccccc1)[C@H](CO[C@@H]1O[C@H](COC(C)=O)[C@@H](O[C@@H]2O[C@H](COC(C)=O)[C@H](OC(C)=O)[C@H](OC(C)=O)[C@H]2NC(C)=O)[C@H](OC(=O)c2ccccc2)[C@H]1OC(=O)c1ccccc1)N=[N+]=[N-]. The fourth-order valence-electron chi connectivity index (χ4n) is 9.49. The van der Waals surface area contributed by atoms with E-state index in [1.807, 2.05) is 6.08 Å². The monoisotopic (exact) mass is 1170 g/mol. The van der Waals surface area contributed by atoms with E-state index in [1.54, 1.807) is 72.8 Å². The summed E-state index contributed by atoms with van der Waals surface area (Å²) in [6, 6.07) is 20.6. The largest absolute Gasteiger partial charge is 0.463 e. The molecule has 2 aliphatic rings. The standard InChI is InChI=1S/C61H78N4O19/c1-7-8-9-10-11-12-13-14-15-16-17-18-28-35-48(79-57(71)44-29-22-19-23-30-44)47(64-65-62)36-76-61-56(83-59(73)46-33-26-21-27-34-46)55(82-58(72)45-31-24-20-25-32-45)53(50(81-61)38-75-41(4)68)84-60-51(63-39(2)66)54(78-43(6)70)52(77-42(5)69)49(80-60)37-74-40(3)67/h19-35,47-56,60-61H,7-18,36-38H2,1-6H3,(H,63,66)/b35-28+/t47-,48+,49+,50+,51+,52-,53+,54+,55-,56+,60-,61+/m0/s1. The van der Waals surface area contributed by atoms with Gasteiger partial charge in [-0.1, -0.05) is 137 Å². The molecule has 23 heteroatoms. The van der Waals surface area contributed by atoms with Crippen molar-refractivity contribution in [3.8, 4) is 0 Å². The molecule has 3 aromatic rings. The fourth-order valence-corrected chi connectivity index (χ4v) is 9.49. The lowest BCUT2D eigenvalue weighted by Crippen LogP contribution is -2.69. The highest BCUT2D eigenvalue weighted by Gasteiger charge is 2.57. The maximum atomic E-state index is 14.4. The number of unbranched alkanes of at least 4 members (excludes halogenated alkanes) is 11. The molecule has 0 bridgehead atoms. The van der Waals surface area contributed by atoms with Gasteiger partial charge in [-0.3, -0.25) is 24.0 Å². The van der Waals surface area contributed by atoms with Crippen LogP contribution in [-0.2, 0) is 76.1 Å². The minimum Gasteiger partial charge on any atom is -0.463 e. The Balaban J connectivity index is 1.58. The minimum atomic E-state index is -1.88. The quantitative estimate of drug-likeness (QED) is 0.0113. The Morgan fingerprint density at radius 2 is 1.02 bits per heavy atom. The molecule has 0 unspecified atom stereocenters. The van der Waals surface area contributed by atoms with E-state index in [9.17, 15) is 43.9 Å². The summed E-state index contributed by atoms with van der Waals surface area (Å²) in [4.78, 5) is 109. The molecule has 0 aromatic heterocycles. The second-order valence-electron chi connectivity index (χ2n) is 20.2. The highest BCUT2D eigenvalue weighted by molar-refractivity contribution is 5.91. The Morgan fingerprint density at radius 1 is 0.560 bits per heavy atom. The van der Waals surface area contributed by atoms with Gasteiger partial charge in [-0.15, -0.1) is 0 Å². The zero-order valence-electron chi connectivity index (χ0n) is 48.4. The van der Waals surface area contributed by atoms with Crippen molar-refractivity contribution in [2.45, 2.75) is 192 Å². The van der Waals surface area contributed by atoms with Crippen LogP contribution in [0.5, 0.6) is 0 Å². The number of carbonyl (C=O) groups excluding carboxylic acids is 8. The van der Waals surface area contributed by atoms with E-state index >= 15 is 0 Å². The van der Waals surface area contributed by atoms with Gasteiger partial charge in [0.25, 0.3) is 0 Å². The van der Waals surface area contributed by atoms with Gasteiger partial charge in [0.05, 0.1) is 23.3 Å². The number of esters is 7. The van der Waals surface area contributed by atoms with Gasteiger partial charge in [0, 0.05) is 39.5 Å². The summed E-state index contributed by atoms with van der Waals surface area (Å²) in [6.07, 6.45) is -0.175. The number of hydrogen-bond donors (Lipinski definition) is 1. The van der Waals surface area contributed by atoms with Gasteiger partial charge < -0.3 is 57.4 Å². The molecule has 23 nitrogen and oxygen atoms in total. The molecule has 0 aliphatic carbocycles. The number of rotatable bonds is 33. The van der Waals surface area contributed by atoms with E-state index in [4.69, 9.17) is 52.1 Å². The number of azide groups is 1. The zero-order valence-corrected chi connectivity index (χ0v) is 48.4. The molecule has 0 radical (unpaired) electrons. The molecule has 3 aromatic carbocycles. The predicted molar refractivity (Wildman–Crippen MR) is 300 cm³/mol. The second kappa shape index (κ2) is 36.1. The molecular weight excluding hydrogens is 1090 g/mol. The van der Waals surface area contributed by atoms with Crippen molar-refractivity contribution >= 4 is 47.7 Å². The van der Waals surface area contributed by atoms with Crippen LogP contribution in [0.15, 0.2) is 108 Å². The Hall–Kier alpha value is -7.69. The average molecular weight is 1170 g/mol. The number of nitrogens with zero attached hydrogens (tertiary/aromatic N) is 3. The molecule has 2 saturated heterocycles. The second-order valence-corrected chi connectivity index (χ2v) is 20.2. The molecule has 2 fully saturated rings. The normalized spacial score (nSPS) is 22.6. The van der Waals surface area contributed by atoms with Crippen molar-refractivity contribution in [2.24, 2.45) is 5.11 Å². The van der Waals surface area contributed by atoms with Crippen LogP contribution in [0.4, 0.5) is 0 Å². The number of benzene rings is 3. The predicted octanol–water partition coefficient (Wildman–Crippen LogP) is 8.95. The fraction of sp³-hybridized carbons (Fsp3) is 0.541. The minimum absolute atomic E-state index is 0.00182. The summed E-state index contributed by atoms with van der Waals surface area (Å²) in [5.74, 6) is -6.86. The van der Waals surface area contributed by atoms with Gasteiger partial charge >= 0.3 is 41.8 Å². The van der Waals surface area contributed by atoms with Crippen molar-refractivity contribution in [3.05, 3.63) is 130 Å². The Morgan fingerprint density at radius 3 is 1.51 bits per heavy atom. The third-order valence-corrected chi connectivity index (χ3v) is 13.5. The lowest BCUT2D eigenvalue weighted by molar-refractivity contribution is -0.346. The average Bonchev–Trinajstić information content (AvgIpc) is 1.65. The van der Waals surface area contributed by atoms with Gasteiger partial charge in [0.1, 0.15) is 49.7 Å². The van der Waals surface area contributed by atoms with Crippen molar-refractivity contribution in [2.75, 3.05) is 19.8 Å². The van der Waals surface area contributed by atoms with Gasteiger partial charge in [-0.2, -0.15) is 0 Å². The maximum absolute atomic E-state index is 14.4. The first-order chi connectivity index (χ1) is 40.5. The van der Waals surface area contributed by atoms with Gasteiger partial charge in [-0.25, -0.2) is 14.4 Å². The first-order valence-electron chi connectivity index (χ1n) is 28.4. The molecule has 5 rings (SSSR count). The zero-order chi connectivity index (χ0) is 60.8. The molecule has 84 heavy (non-hydrogen) atoms. The van der Waals surface area contributed by atoms with Crippen LogP contribution in [0.3, 0.4) is 0 Å². The Labute approximate surface area is 489 Å². The summed E-state index contributed by atoms with van der Waals surface area (Å²) in [5.41, 5.74) is 10.3. The number of nitrogens with one attached hydrogen (secondary N) is 1. The van der Waals surface area contributed by atoms with Crippen LogP contribution >= 0.6 is 0 Å². The summed E-state index contributed by atoms with van der Waals surface area (Å²) in [6.45, 7) is 5.70. The lowest BCUT2D eigenvalue weighted by atomic mass is 9.94. The van der Waals surface area contributed by atoms with Crippen molar-refractivity contribution < 1.29 is 90.5 Å². The van der Waals surface area contributed by atoms with E-state index in [1.165, 1.54) is 69.2 Å². The van der Waals surface area contributed by atoms with E-state index in [-0.39, 0.29) is 16.7 Å². The number of amides is 1. The summed E-state index contributed by atoms with van der Waals surface area (Å²) < 4.78 is 66.8. The number of allylic oxidation sites excluding steroid dienone is 1. The van der Waals surface area contributed by atoms with E-state index in [2.05, 4.69) is 22.3 Å². The van der Waals surface area contributed by atoms with Gasteiger partial charge in [0.2, 0.25) is 5.91 Å². The molecule has 12 atom stereocenters. The lowest BCUT2D eigenvalue weighted by Gasteiger charge is -2.49. The molecule has 2 heterocycles. The van der Waals surface area contributed by atoms with Crippen LogP contribution in [0, 0.1) is 0 Å². The molecular formula is C61H78N4O19. The highest BCUT2D eigenvalue weighted by atomic mass is 16.8. The van der Waals surface area contributed by atoms with Crippen LogP contribution in [0.2, 0.25) is 0 Å². The topological polar surface area (TPSA) is 299 Å². The third-order valence-electron chi connectivity index (χ3n) is 13.5. The Kier molecular flexibility index (Phi) is 28.8. The summed E-state index contributed by atoms with van der Waals surface area (Å²) in [5, 5.41) is 6.61. The van der Waals surface area contributed by atoms with Gasteiger partial charge in [-0.05, 0) is 60.8 Å². The first-order valence-corrected chi connectivity index (χ1v) is 28.4. The molecule has 1 N–H and O–H groups in total. The highest BCUT2D eigenvalue weighted by Crippen LogP contribution is 2.36. The Bertz CT molecular complexity index is 2660.